The van der Waals surface area contributed by atoms with Crippen molar-refractivity contribution >= 4 is 60.9 Å². The molecule has 0 aliphatic rings. The van der Waals surface area contributed by atoms with E-state index in [2.05, 4.69) is 15.9 Å². The molecule has 0 fully saturated rings. The molecule has 0 heterocycles. The van der Waals surface area contributed by atoms with E-state index in [-0.39, 0.29) is 31.5 Å². The standard InChI is InChI=1S/C13H8BrCl3O4S/c1-20-11-3-2-7(14)4-12(11)22(18,19)21-13-9(16)5-8(15)6-10(13)17/h2-6H,1H3. The topological polar surface area (TPSA) is 52.6 Å². The maximum Gasteiger partial charge on any atom is 0.343 e. The molecule has 2 aromatic carbocycles. The fourth-order valence-electron chi connectivity index (χ4n) is 1.61. The number of hydrogen-bond donors (Lipinski definition) is 0. The molecule has 0 N–H and O–H groups in total. The predicted molar refractivity (Wildman–Crippen MR) is 90.0 cm³/mol. The van der Waals surface area contributed by atoms with Crippen LogP contribution in [-0.4, -0.2) is 15.5 Å². The molecule has 0 aliphatic heterocycles. The average molecular weight is 447 g/mol. The second kappa shape index (κ2) is 6.84. The number of hydrogen-bond acceptors (Lipinski definition) is 4. The minimum Gasteiger partial charge on any atom is -0.495 e. The van der Waals surface area contributed by atoms with Gasteiger partial charge in [0.05, 0.1) is 17.2 Å². The van der Waals surface area contributed by atoms with Gasteiger partial charge in [0, 0.05) is 9.50 Å². The predicted octanol–water partition coefficient (Wildman–Crippen LogP) is 5.19. The van der Waals surface area contributed by atoms with E-state index in [4.69, 9.17) is 43.7 Å². The molecule has 0 amide bonds. The van der Waals surface area contributed by atoms with Gasteiger partial charge in [-0.15, -0.1) is 0 Å². The molecular weight excluding hydrogens is 438 g/mol. The van der Waals surface area contributed by atoms with E-state index in [9.17, 15) is 8.42 Å². The molecule has 0 spiro atoms. The summed E-state index contributed by atoms with van der Waals surface area (Å²) in [6.45, 7) is 0. The monoisotopic (exact) mass is 444 g/mol. The van der Waals surface area contributed by atoms with Crippen molar-refractivity contribution in [2.24, 2.45) is 0 Å². The first-order valence-corrected chi connectivity index (χ1v) is 9.00. The Hall–Kier alpha value is -0.660. The Labute approximate surface area is 151 Å². The maximum atomic E-state index is 12.4. The third-order valence-electron chi connectivity index (χ3n) is 2.55. The molecule has 2 rings (SSSR count). The van der Waals surface area contributed by atoms with Gasteiger partial charge < -0.3 is 8.92 Å². The number of methoxy groups -OCH3 is 1. The molecule has 4 nitrogen and oxygen atoms in total. The Balaban J connectivity index is 2.52. The number of halogens is 4. The van der Waals surface area contributed by atoms with Gasteiger partial charge in [-0.2, -0.15) is 8.42 Å². The van der Waals surface area contributed by atoms with Gasteiger partial charge in [0.15, 0.2) is 5.75 Å². The lowest BCUT2D eigenvalue weighted by atomic mass is 10.3. The summed E-state index contributed by atoms with van der Waals surface area (Å²) in [6.07, 6.45) is 0. The van der Waals surface area contributed by atoms with Crippen LogP contribution >= 0.6 is 50.7 Å². The second-order valence-electron chi connectivity index (χ2n) is 4.03. The van der Waals surface area contributed by atoms with Crippen molar-refractivity contribution in [2.45, 2.75) is 4.90 Å². The van der Waals surface area contributed by atoms with E-state index in [0.29, 0.717) is 4.47 Å². The molecule has 9 heteroatoms. The fraction of sp³-hybridized carbons (Fsp3) is 0.0769. The first-order valence-electron chi connectivity index (χ1n) is 5.67. The Bertz CT molecular complexity index is 801. The molecule has 0 unspecified atom stereocenters. The van der Waals surface area contributed by atoms with Crippen molar-refractivity contribution in [3.8, 4) is 11.5 Å². The Morgan fingerprint density at radius 3 is 2.18 bits per heavy atom. The lowest BCUT2D eigenvalue weighted by Crippen LogP contribution is -2.12. The van der Waals surface area contributed by atoms with Crippen LogP contribution in [0.4, 0.5) is 0 Å². The molecule has 118 valence electrons. The summed E-state index contributed by atoms with van der Waals surface area (Å²) in [5.74, 6) is -0.0702. The number of rotatable bonds is 4. The van der Waals surface area contributed by atoms with Gasteiger partial charge in [0.25, 0.3) is 0 Å². The quantitative estimate of drug-likeness (QED) is 0.607. The van der Waals surface area contributed by atoms with Gasteiger partial charge in [-0.05, 0) is 30.3 Å². The van der Waals surface area contributed by atoms with Crippen LogP contribution in [0.15, 0.2) is 39.7 Å². The summed E-state index contributed by atoms with van der Waals surface area (Å²) >= 11 is 20.8. The summed E-state index contributed by atoms with van der Waals surface area (Å²) in [5.41, 5.74) is 0. The van der Waals surface area contributed by atoms with Crippen LogP contribution in [0.1, 0.15) is 0 Å². The molecular formula is C13H8BrCl3O4S. The smallest absolute Gasteiger partial charge is 0.343 e. The average Bonchev–Trinajstić information content (AvgIpc) is 2.43. The lowest BCUT2D eigenvalue weighted by molar-refractivity contribution is 0.398. The molecule has 2 aromatic rings. The summed E-state index contributed by atoms with van der Waals surface area (Å²) in [6, 6.07) is 7.15. The molecule has 0 saturated heterocycles. The Morgan fingerprint density at radius 2 is 1.64 bits per heavy atom. The van der Waals surface area contributed by atoms with Crippen molar-refractivity contribution in [3.05, 3.63) is 49.9 Å². The van der Waals surface area contributed by atoms with E-state index in [1.165, 1.54) is 31.4 Å². The molecule has 0 bridgehead atoms. The van der Waals surface area contributed by atoms with E-state index in [1.807, 2.05) is 0 Å². The van der Waals surface area contributed by atoms with Crippen LogP contribution < -0.4 is 8.92 Å². The van der Waals surface area contributed by atoms with Gasteiger partial charge >= 0.3 is 10.1 Å². The SMILES string of the molecule is COc1ccc(Br)cc1S(=O)(=O)Oc1c(Cl)cc(Cl)cc1Cl. The Kier molecular flexibility index (Phi) is 5.50. The number of ether oxygens (including phenoxy) is 1. The van der Waals surface area contributed by atoms with E-state index in [0.717, 1.165) is 0 Å². The summed E-state index contributed by atoms with van der Waals surface area (Å²) < 4.78 is 35.5. The van der Waals surface area contributed by atoms with Crippen LogP contribution in [0.5, 0.6) is 11.5 Å². The highest BCUT2D eigenvalue weighted by molar-refractivity contribution is 9.10. The van der Waals surface area contributed by atoms with E-state index in [1.54, 1.807) is 6.07 Å². The van der Waals surface area contributed by atoms with E-state index < -0.39 is 10.1 Å². The van der Waals surface area contributed by atoms with Gasteiger partial charge in [-0.25, -0.2) is 0 Å². The molecule has 0 radical (unpaired) electrons. The number of benzene rings is 2. The first-order chi connectivity index (χ1) is 10.2. The lowest BCUT2D eigenvalue weighted by Gasteiger charge is -2.13. The minimum absolute atomic E-state index is 0.0185. The highest BCUT2D eigenvalue weighted by Gasteiger charge is 2.25. The van der Waals surface area contributed by atoms with Gasteiger partial charge in [0.1, 0.15) is 10.6 Å². The first kappa shape index (κ1) is 17.7. The normalized spacial score (nSPS) is 11.3. The minimum atomic E-state index is -4.20. The zero-order valence-electron chi connectivity index (χ0n) is 10.9. The highest BCUT2D eigenvalue weighted by Crippen LogP contribution is 2.38. The zero-order valence-corrected chi connectivity index (χ0v) is 15.6. The molecule has 0 aromatic heterocycles. The van der Waals surface area contributed by atoms with E-state index >= 15 is 0 Å². The highest BCUT2D eigenvalue weighted by atomic mass is 79.9. The maximum absolute atomic E-state index is 12.4. The molecule has 0 aliphatic carbocycles. The third-order valence-corrected chi connectivity index (χ3v) is 5.07. The van der Waals surface area contributed by atoms with Crippen LogP contribution in [0.25, 0.3) is 0 Å². The molecule has 0 saturated carbocycles. The van der Waals surface area contributed by atoms with Crippen LogP contribution in [0.2, 0.25) is 15.1 Å². The van der Waals surface area contributed by atoms with Gasteiger partial charge in [-0.3, -0.25) is 0 Å². The van der Waals surface area contributed by atoms with Crippen molar-refractivity contribution in [3.63, 3.8) is 0 Å². The van der Waals surface area contributed by atoms with Crippen LogP contribution in [0.3, 0.4) is 0 Å². The van der Waals surface area contributed by atoms with Crippen molar-refractivity contribution in [1.29, 1.82) is 0 Å². The summed E-state index contributed by atoms with van der Waals surface area (Å²) in [4.78, 5) is -0.161. The molecule has 22 heavy (non-hydrogen) atoms. The zero-order chi connectivity index (χ0) is 16.5. The summed E-state index contributed by atoms with van der Waals surface area (Å²) in [7, 11) is -2.85. The fourth-order valence-corrected chi connectivity index (χ4v) is 4.27. The largest absolute Gasteiger partial charge is 0.495 e. The van der Waals surface area contributed by atoms with Gasteiger partial charge in [-0.1, -0.05) is 50.7 Å². The van der Waals surface area contributed by atoms with Crippen molar-refractivity contribution in [1.82, 2.24) is 0 Å². The third kappa shape index (κ3) is 3.81. The second-order valence-corrected chi connectivity index (χ2v) is 7.71. The molecule has 0 atom stereocenters. The van der Waals surface area contributed by atoms with Crippen molar-refractivity contribution in [2.75, 3.05) is 7.11 Å². The Morgan fingerprint density at radius 1 is 1.05 bits per heavy atom. The van der Waals surface area contributed by atoms with Crippen LogP contribution in [-0.2, 0) is 10.1 Å². The van der Waals surface area contributed by atoms with Crippen molar-refractivity contribution < 1.29 is 17.3 Å². The van der Waals surface area contributed by atoms with Crippen LogP contribution in [0, 0.1) is 0 Å². The summed E-state index contributed by atoms with van der Waals surface area (Å²) in [5, 5.41) is 0.227. The van der Waals surface area contributed by atoms with Gasteiger partial charge in [0.2, 0.25) is 0 Å².